The lowest BCUT2D eigenvalue weighted by molar-refractivity contribution is -0.116. The summed E-state index contributed by atoms with van der Waals surface area (Å²) in [6.45, 7) is 0. The minimum Gasteiger partial charge on any atom is -0.272 e. The molecule has 2 rings (SSSR count). The van der Waals surface area contributed by atoms with Gasteiger partial charge in [-0.05, 0) is 0 Å². The fourth-order valence-corrected chi connectivity index (χ4v) is 0.804. The number of fused-ring (bicyclic) bond motifs is 1. The van der Waals surface area contributed by atoms with E-state index < -0.39 is 0 Å². The predicted octanol–water partition coefficient (Wildman–Crippen LogP) is 0.693. The average molecular weight is 148 g/mol. The second-order valence-corrected chi connectivity index (χ2v) is 2.07. The van der Waals surface area contributed by atoms with Crippen LogP contribution in [0.5, 0.6) is 0 Å². The van der Waals surface area contributed by atoms with E-state index in [2.05, 4.69) is 20.2 Å². The summed E-state index contributed by atoms with van der Waals surface area (Å²) >= 11 is 0. The monoisotopic (exact) mass is 148 g/mol. The highest BCUT2D eigenvalue weighted by Crippen LogP contribution is 2.12. The Balaban J connectivity index is 2.47. The minimum atomic E-state index is -0.229. The Labute approximate surface area is 62.3 Å². The number of azo groups is 1. The first-order valence-corrected chi connectivity index (χ1v) is 3.12. The maximum atomic E-state index is 10.8. The third-order valence-electron chi connectivity index (χ3n) is 1.29. The van der Waals surface area contributed by atoms with Gasteiger partial charge in [0, 0.05) is 6.21 Å². The molecule has 0 unspecified atom stereocenters. The number of nitrogens with zero attached hydrogens (tertiary/aromatic N) is 4. The molecule has 0 aliphatic carbocycles. The summed E-state index contributed by atoms with van der Waals surface area (Å²) in [7, 11) is 0. The Morgan fingerprint density at radius 3 is 3.27 bits per heavy atom. The third-order valence-corrected chi connectivity index (χ3v) is 1.29. The lowest BCUT2D eigenvalue weighted by Crippen LogP contribution is -1.96. The van der Waals surface area contributed by atoms with E-state index in [0.29, 0.717) is 11.5 Å². The summed E-state index contributed by atoms with van der Waals surface area (Å²) < 4.78 is 0. The molecule has 0 aromatic heterocycles. The summed E-state index contributed by atoms with van der Waals surface area (Å²) in [5.41, 5.74) is 0.566. The second-order valence-electron chi connectivity index (χ2n) is 2.07. The number of carbonyl (C=O) groups is 1. The molecule has 5 heteroatoms. The molecule has 11 heavy (non-hydrogen) atoms. The first-order valence-electron chi connectivity index (χ1n) is 3.12. The number of hydrogen-bond acceptors (Lipinski definition) is 4. The molecule has 0 atom stereocenters. The highest BCUT2D eigenvalue weighted by atomic mass is 16.1. The van der Waals surface area contributed by atoms with Crippen molar-refractivity contribution in [2.75, 3.05) is 0 Å². The molecule has 0 radical (unpaired) electrons. The molecule has 0 saturated heterocycles. The van der Waals surface area contributed by atoms with E-state index in [-0.39, 0.29) is 12.3 Å². The lowest BCUT2D eigenvalue weighted by atomic mass is 10.4. The molecule has 0 spiro atoms. The quantitative estimate of drug-likeness (QED) is 0.498. The van der Waals surface area contributed by atoms with Crippen molar-refractivity contribution in [1.82, 2.24) is 0 Å². The van der Waals surface area contributed by atoms with Crippen LogP contribution in [0.15, 0.2) is 32.1 Å². The van der Waals surface area contributed by atoms with Crippen LogP contribution in [0.4, 0.5) is 0 Å². The summed E-state index contributed by atoms with van der Waals surface area (Å²) in [5, 5.41) is 7.19. The zero-order valence-electron chi connectivity index (χ0n) is 5.56. The van der Waals surface area contributed by atoms with Crippen molar-refractivity contribution in [3.05, 3.63) is 11.9 Å². The number of aliphatic imine (C=N–C) groups is 2. The van der Waals surface area contributed by atoms with Gasteiger partial charge in [0.05, 0.1) is 12.6 Å². The summed E-state index contributed by atoms with van der Waals surface area (Å²) in [6, 6.07) is 0. The minimum absolute atomic E-state index is 0.229. The Morgan fingerprint density at radius 1 is 1.45 bits per heavy atom. The molecule has 0 bridgehead atoms. The molecule has 2 heterocycles. The molecule has 2 aliphatic rings. The third kappa shape index (κ3) is 1.000. The van der Waals surface area contributed by atoms with Crippen molar-refractivity contribution in [3.8, 4) is 0 Å². The van der Waals surface area contributed by atoms with Gasteiger partial charge in [0.15, 0.2) is 0 Å². The van der Waals surface area contributed by atoms with Gasteiger partial charge in [-0.15, -0.1) is 5.11 Å². The molecule has 0 N–H and O–H groups in total. The molecule has 2 aliphatic heterocycles. The Hall–Kier alpha value is -1.65. The van der Waals surface area contributed by atoms with E-state index in [0.717, 1.165) is 0 Å². The van der Waals surface area contributed by atoms with Crippen molar-refractivity contribution < 1.29 is 4.79 Å². The fourth-order valence-electron chi connectivity index (χ4n) is 0.804. The summed E-state index contributed by atoms with van der Waals surface area (Å²) in [4.78, 5) is 18.4. The van der Waals surface area contributed by atoms with Gasteiger partial charge in [-0.3, -0.25) is 9.79 Å². The zero-order chi connectivity index (χ0) is 7.68. The first kappa shape index (κ1) is 6.09. The van der Waals surface area contributed by atoms with Crippen LogP contribution in [0.2, 0.25) is 0 Å². The maximum absolute atomic E-state index is 10.8. The highest BCUT2D eigenvalue weighted by Gasteiger charge is 2.14. The number of amides is 1. The van der Waals surface area contributed by atoms with Crippen molar-refractivity contribution in [1.29, 1.82) is 0 Å². The first-order chi connectivity index (χ1) is 5.36. The van der Waals surface area contributed by atoms with Crippen molar-refractivity contribution in [3.63, 3.8) is 0 Å². The largest absolute Gasteiger partial charge is 0.272 e. The maximum Gasteiger partial charge on any atom is 0.253 e. The van der Waals surface area contributed by atoms with E-state index >= 15 is 0 Å². The van der Waals surface area contributed by atoms with Gasteiger partial charge in [-0.1, -0.05) is 0 Å². The molecular weight excluding hydrogens is 144 g/mol. The smallest absolute Gasteiger partial charge is 0.253 e. The van der Waals surface area contributed by atoms with Crippen LogP contribution in [0.25, 0.3) is 0 Å². The molecular formula is C6H4N4O. The number of rotatable bonds is 0. The molecule has 1 amide bonds. The lowest BCUT2D eigenvalue weighted by Gasteiger charge is -1.86. The van der Waals surface area contributed by atoms with Crippen molar-refractivity contribution in [2.45, 2.75) is 6.42 Å². The van der Waals surface area contributed by atoms with Crippen LogP contribution in [0.3, 0.4) is 0 Å². The van der Waals surface area contributed by atoms with Crippen LogP contribution in [0, 0.1) is 0 Å². The van der Waals surface area contributed by atoms with E-state index in [1.54, 1.807) is 0 Å². The van der Waals surface area contributed by atoms with Crippen LogP contribution >= 0.6 is 0 Å². The molecule has 0 aromatic rings. The van der Waals surface area contributed by atoms with Gasteiger partial charge >= 0.3 is 0 Å². The van der Waals surface area contributed by atoms with Gasteiger partial charge < -0.3 is 0 Å². The van der Waals surface area contributed by atoms with Gasteiger partial charge in [0.1, 0.15) is 5.70 Å². The molecule has 0 saturated carbocycles. The van der Waals surface area contributed by atoms with Gasteiger partial charge in [-0.2, -0.15) is 10.1 Å². The van der Waals surface area contributed by atoms with Gasteiger partial charge in [-0.25, -0.2) is 0 Å². The highest BCUT2D eigenvalue weighted by molar-refractivity contribution is 6.10. The Morgan fingerprint density at radius 2 is 2.36 bits per heavy atom. The zero-order valence-corrected chi connectivity index (χ0v) is 5.56. The topological polar surface area (TPSA) is 66.5 Å². The summed E-state index contributed by atoms with van der Waals surface area (Å²) in [5.74, 6) is 0.0942. The van der Waals surface area contributed by atoms with Gasteiger partial charge in [0.2, 0.25) is 5.84 Å². The fraction of sp³-hybridized carbons (Fsp3) is 0.167. The van der Waals surface area contributed by atoms with E-state index in [1.807, 2.05) is 0 Å². The average Bonchev–Trinajstić information content (AvgIpc) is 2.31. The number of carbonyl (C=O) groups excluding carboxylic acids is 1. The van der Waals surface area contributed by atoms with Crippen LogP contribution in [-0.4, -0.2) is 18.0 Å². The van der Waals surface area contributed by atoms with Crippen LogP contribution < -0.4 is 0 Å². The molecule has 0 fully saturated rings. The number of hydrogen-bond donors (Lipinski definition) is 0. The second kappa shape index (κ2) is 2.19. The molecule has 0 aromatic carbocycles. The molecule has 54 valence electrons. The van der Waals surface area contributed by atoms with Crippen molar-refractivity contribution in [2.24, 2.45) is 20.2 Å². The van der Waals surface area contributed by atoms with Crippen LogP contribution in [0.1, 0.15) is 6.42 Å². The summed E-state index contributed by atoms with van der Waals surface area (Å²) in [6.07, 6.45) is 3.24. The Kier molecular flexibility index (Phi) is 1.21. The van der Waals surface area contributed by atoms with Gasteiger partial charge in [0.25, 0.3) is 5.91 Å². The van der Waals surface area contributed by atoms with Crippen LogP contribution in [-0.2, 0) is 4.79 Å². The normalized spacial score (nSPS) is 20.9. The van der Waals surface area contributed by atoms with E-state index in [4.69, 9.17) is 0 Å². The molecule has 5 nitrogen and oxygen atoms in total. The standard InChI is InChI=1S/C6H4N4O/c11-5-1-2-7-4-3-8-10-6(4)9-5/h2-3H,1H2. The van der Waals surface area contributed by atoms with Crippen molar-refractivity contribution >= 4 is 18.0 Å². The predicted molar refractivity (Wildman–Crippen MR) is 38.5 cm³/mol. The number of amidine groups is 1. The SMILES string of the molecule is O=C1CC=NC2=CN=NC2=N1. The Bertz CT molecular complexity index is 323. The van der Waals surface area contributed by atoms with E-state index in [9.17, 15) is 4.79 Å². The van der Waals surface area contributed by atoms with E-state index in [1.165, 1.54) is 12.4 Å².